The highest BCUT2D eigenvalue weighted by molar-refractivity contribution is 9.10. The number of amides is 1. The normalized spacial score (nSPS) is 17.7. The van der Waals surface area contributed by atoms with Crippen molar-refractivity contribution in [1.82, 2.24) is 4.90 Å². The molecule has 6 nitrogen and oxygen atoms in total. The number of benzene rings is 2. The van der Waals surface area contributed by atoms with E-state index in [0.717, 1.165) is 4.47 Å². The summed E-state index contributed by atoms with van der Waals surface area (Å²) < 4.78 is 11.7. The number of aliphatic hydroxyl groups excluding tert-OH is 1. The van der Waals surface area contributed by atoms with Crippen LogP contribution < -0.4 is 4.74 Å². The van der Waals surface area contributed by atoms with Gasteiger partial charge < -0.3 is 19.2 Å². The Kier molecular flexibility index (Phi) is 6.39. The van der Waals surface area contributed by atoms with Crippen LogP contribution in [0.2, 0.25) is 5.02 Å². The van der Waals surface area contributed by atoms with Crippen molar-refractivity contribution in [3.63, 3.8) is 0 Å². The van der Waals surface area contributed by atoms with E-state index in [-0.39, 0.29) is 17.9 Å². The van der Waals surface area contributed by atoms with Crippen LogP contribution in [0.1, 0.15) is 29.9 Å². The van der Waals surface area contributed by atoms with Gasteiger partial charge >= 0.3 is 0 Å². The van der Waals surface area contributed by atoms with E-state index in [2.05, 4.69) is 15.9 Å². The van der Waals surface area contributed by atoms with Crippen LogP contribution in [0.25, 0.3) is 5.76 Å². The zero-order valence-corrected chi connectivity index (χ0v) is 19.4. The van der Waals surface area contributed by atoms with Crippen LogP contribution >= 0.6 is 27.5 Å². The molecular formula is C24H19BrClNO5. The molecule has 0 aliphatic carbocycles. The number of hydrogen-bond acceptors (Lipinski definition) is 5. The maximum absolute atomic E-state index is 13.1. The van der Waals surface area contributed by atoms with Crippen LogP contribution in [-0.4, -0.2) is 28.3 Å². The first-order valence-corrected chi connectivity index (χ1v) is 11.1. The standard InChI is InChI=1S/C24H19BrClNO5/c1-2-31-19-10-7-15(12-18(19)26)22(28)20-21(14-5-8-16(25)9-6-14)27(24(30)23(20)29)13-17-4-3-11-32-17/h3-12,21,28H,2,13H2,1H3. The van der Waals surface area contributed by atoms with Gasteiger partial charge in [0.1, 0.15) is 17.3 Å². The SMILES string of the molecule is CCOc1ccc(C(O)=C2C(=O)C(=O)N(Cc3ccco3)C2c2ccc(Br)cc2)cc1Cl. The van der Waals surface area contributed by atoms with E-state index in [4.69, 9.17) is 20.8 Å². The summed E-state index contributed by atoms with van der Waals surface area (Å²) in [6, 6.07) is 14.6. The molecule has 1 aromatic heterocycles. The van der Waals surface area contributed by atoms with Gasteiger partial charge in [-0.05, 0) is 55.0 Å². The molecule has 0 bridgehead atoms. The minimum absolute atomic E-state index is 0.0101. The van der Waals surface area contributed by atoms with E-state index < -0.39 is 17.7 Å². The number of furan rings is 1. The summed E-state index contributed by atoms with van der Waals surface area (Å²) >= 11 is 9.68. The Labute approximate surface area is 198 Å². The van der Waals surface area contributed by atoms with Gasteiger partial charge in [0.05, 0.1) is 36.1 Å². The van der Waals surface area contributed by atoms with Crippen molar-refractivity contribution in [3.8, 4) is 5.75 Å². The first kappa shape index (κ1) is 22.2. The number of likely N-dealkylation sites (tertiary alicyclic amines) is 1. The molecule has 1 aliphatic rings. The summed E-state index contributed by atoms with van der Waals surface area (Å²) in [6.07, 6.45) is 1.50. The molecule has 0 radical (unpaired) electrons. The zero-order chi connectivity index (χ0) is 22.8. The molecule has 164 valence electrons. The zero-order valence-electron chi connectivity index (χ0n) is 17.0. The van der Waals surface area contributed by atoms with Gasteiger partial charge in [0, 0.05) is 10.0 Å². The second-order valence-electron chi connectivity index (χ2n) is 7.14. The van der Waals surface area contributed by atoms with Gasteiger partial charge in [-0.3, -0.25) is 9.59 Å². The predicted octanol–water partition coefficient (Wildman–Crippen LogP) is 5.72. The maximum Gasteiger partial charge on any atom is 0.296 e. The molecule has 1 N–H and O–H groups in total. The number of carbonyl (C=O) groups excluding carboxylic acids is 2. The second-order valence-corrected chi connectivity index (χ2v) is 8.46. The second kappa shape index (κ2) is 9.22. The number of ketones is 1. The van der Waals surface area contributed by atoms with Crippen LogP contribution in [0.15, 0.2) is 75.3 Å². The van der Waals surface area contributed by atoms with Crippen molar-refractivity contribution >= 4 is 45.0 Å². The summed E-state index contributed by atoms with van der Waals surface area (Å²) in [5.41, 5.74) is 0.984. The van der Waals surface area contributed by atoms with Crippen LogP contribution in [0.4, 0.5) is 0 Å². The van der Waals surface area contributed by atoms with Crippen molar-refractivity contribution in [2.75, 3.05) is 6.61 Å². The number of aliphatic hydroxyl groups is 1. The lowest BCUT2D eigenvalue weighted by Crippen LogP contribution is -2.29. The van der Waals surface area contributed by atoms with E-state index in [9.17, 15) is 14.7 Å². The molecule has 1 atom stereocenters. The Morgan fingerprint density at radius 1 is 1.19 bits per heavy atom. The van der Waals surface area contributed by atoms with Gasteiger partial charge in [-0.25, -0.2) is 0 Å². The monoisotopic (exact) mass is 515 g/mol. The van der Waals surface area contributed by atoms with Crippen molar-refractivity contribution in [2.45, 2.75) is 19.5 Å². The van der Waals surface area contributed by atoms with Gasteiger partial charge in [0.2, 0.25) is 0 Å². The third-order valence-electron chi connectivity index (χ3n) is 5.14. The largest absolute Gasteiger partial charge is 0.507 e. The number of carbonyl (C=O) groups is 2. The number of ether oxygens (including phenoxy) is 1. The molecule has 1 aliphatic heterocycles. The number of nitrogens with zero attached hydrogens (tertiary/aromatic N) is 1. The fraction of sp³-hybridized carbons (Fsp3) is 0.167. The fourth-order valence-corrected chi connectivity index (χ4v) is 4.18. The Morgan fingerprint density at radius 3 is 2.56 bits per heavy atom. The lowest BCUT2D eigenvalue weighted by atomic mass is 9.95. The van der Waals surface area contributed by atoms with E-state index in [1.54, 1.807) is 36.4 Å². The van der Waals surface area contributed by atoms with Gasteiger partial charge in [-0.2, -0.15) is 0 Å². The van der Waals surface area contributed by atoms with Crippen molar-refractivity contribution in [3.05, 3.63) is 92.8 Å². The molecule has 32 heavy (non-hydrogen) atoms. The number of halogens is 2. The van der Waals surface area contributed by atoms with Gasteiger partial charge in [-0.1, -0.05) is 39.7 Å². The Hall–Kier alpha value is -3.03. The molecule has 1 amide bonds. The lowest BCUT2D eigenvalue weighted by molar-refractivity contribution is -0.140. The molecule has 1 saturated heterocycles. The summed E-state index contributed by atoms with van der Waals surface area (Å²) in [4.78, 5) is 27.4. The number of Topliss-reactive ketones (excluding diaryl/α,β-unsaturated/α-hetero) is 1. The summed E-state index contributed by atoms with van der Waals surface area (Å²) in [6.45, 7) is 2.36. The van der Waals surface area contributed by atoms with E-state index in [1.807, 2.05) is 19.1 Å². The van der Waals surface area contributed by atoms with E-state index in [1.165, 1.54) is 17.2 Å². The van der Waals surface area contributed by atoms with Gasteiger partial charge in [-0.15, -0.1) is 0 Å². The highest BCUT2D eigenvalue weighted by atomic mass is 79.9. The maximum atomic E-state index is 13.1. The third kappa shape index (κ3) is 4.18. The van der Waals surface area contributed by atoms with Crippen LogP contribution in [0, 0.1) is 0 Å². The molecule has 2 aromatic carbocycles. The molecule has 8 heteroatoms. The Bertz CT molecular complexity index is 1190. The van der Waals surface area contributed by atoms with Crippen LogP contribution in [-0.2, 0) is 16.1 Å². The van der Waals surface area contributed by atoms with Gasteiger partial charge in [0.15, 0.2) is 0 Å². The number of hydrogen-bond donors (Lipinski definition) is 1. The molecule has 2 heterocycles. The average Bonchev–Trinajstić information content (AvgIpc) is 3.38. The molecule has 3 aromatic rings. The lowest BCUT2D eigenvalue weighted by Gasteiger charge is -2.24. The molecule has 0 spiro atoms. The van der Waals surface area contributed by atoms with E-state index in [0.29, 0.717) is 34.3 Å². The molecule has 0 saturated carbocycles. The van der Waals surface area contributed by atoms with Crippen LogP contribution in [0.5, 0.6) is 5.75 Å². The Balaban J connectivity index is 1.84. The number of rotatable bonds is 6. The first-order chi connectivity index (χ1) is 15.4. The molecular weight excluding hydrogens is 498 g/mol. The Morgan fingerprint density at radius 2 is 1.94 bits per heavy atom. The molecule has 4 rings (SSSR count). The van der Waals surface area contributed by atoms with Crippen LogP contribution in [0.3, 0.4) is 0 Å². The quantitative estimate of drug-likeness (QED) is 0.258. The summed E-state index contributed by atoms with van der Waals surface area (Å²) in [5.74, 6) is -0.797. The molecule has 1 unspecified atom stereocenters. The third-order valence-corrected chi connectivity index (χ3v) is 5.96. The first-order valence-electron chi connectivity index (χ1n) is 9.89. The molecule has 1 fully saturated rings. The van der Waals surface area contributed by atoms with Crippen molar-refractivity contribution in [2.24, 2.45) is 0 Å². The van der Waals surface area contributed by atoms with Crippen molar-refractivity contribution < 1.29 is 23.8 Å². The minimum Gasteiger partial charge on any atom is -0.507 e. The predicted molar refractivity (Wildman–Crippen MR) is 123 cm³/mol. The summed E-state index contributed by atoms with van der Waals surface area (Å²) in [7, 11) is 0. The van der Waals surface area contributed by atoms with Gasteiger partial charge in [0.25, 0.3) is 11.7 Å². The average molecular weight is 517 g/mol. The highest BCUT2D eigenvalue weighted by Gasteiger charge is 2.46. The summed E-state index contributed by atoms with van der Waals surface area (Å²) in [5, 5.41) is 11.4. The van der Waals surface area contributed by atoms with Crippen molar-refractivity contribution in [1.29, 1.82) is 0 Å². The smallest absolute Gasteiger partial charge is 0.296 e. The highest BCUT2D eigenvalue weighted by Crippen LogP contribution is 2.41. The van der Waals surface area contributed by atoms with E-state index >= 15 is 0 Å². The minimum atomic E-state index is -0.793. The fourth-order valence-electron chi connectivity index (χ4n) is 3.68. The topological polar surface area (TPSA) is 80.0 Å².